The van der Waals surface area contributed by atoms with Crippen molar-refractivity contribution in [2.45, 2.75) is 26.9 Å². The Bertz CT molecular complexity index is 1010. The van der Waals surface area contributed by atoms with E-state index in [1.165, 1.54) is 0 Å². The van der Waals surface area contributed by atoms with Gasteiger partial charge < -0.3 is 34.4 Å². The molecule has 0 aliphatic carbocycles. The van der Waals surface area contributed by atoms with Gasteiger partial charge >= 0.3 is 6.03 Å². The zero-order chi connectivity index (χ0) is 24.8. The van der Waals surface area contributed by atoms with Crippen molar-refractivity contribution < 1.29 is 24.1 Å². The molecule has 0 bridgehead atoms. The molecule has 3 heterocycles. The molecule has 1 atom stereocenters. The number of anilines is 2. The minimum atomic E-state index is -0.121. The van der Waals surface area contributed by atoms with Gasteiger partial charge in [0.2, 0.25) is 5.88 Å². The molecule has 2 aromatic rings. The Kier molecular flexibility index (Phi) is 8.43. The van der Waals surface area contributed by atoms with Crippen LogP contribution >= 0.6 is 0 Å². The molecule has 1 aromatic carbocycles. The second-order valence-electron chi connectivity index (χ2n) is 9.28. The van der Waals surface area contributed by atoms with Crippen molar-refractivity contribution in [2.75, 3.05) is 69.4 Å². The average Bonchev–Trinajstić information content (AvgIpc) is 2.89. The summed E-state index contributed by atoms with van der Waals surface area (Å²) in [5.74, 6) is 1.62. The van der Waals surface area contributed by atoms with Crippen LogP contribution in [0.15, 0.2) is 30.3 Å². The molecule has 2 saturated heterocycles. The van der Waals surface area contributed by atoms with Gasteiger partial charge in [-0.1, -0.05) is 19.9 Å². The minimum Gasteiger partial charge on any atom is -0.475 e. The predicted molar refractivity (Wildman–Crippen MR) is 135 cm³/mol. The van der Waals surface area contributed by atoms with Crippen molar-refractivity contribution in [1.82, 2.24) is 9.88 Å². The van der Waals surface area contributed by atoms with E-state index >= 15 is 0 Å². The number of amides is 2. The molecule has 1 unspecified atom stereocenters. The van der Waals surface area contributed by atoms with Crippen LogP contribution in [-0.2, 0) is 9.47 Å². The van der Waals surface area contributed by atoms with E-state index in [-0.39, 0.29) is 25.3 Å². The molecule has 2 aliphatic heterocycles. The van der Waals surface area contributed by atoms with E-state index in [4.69, 9.17) is 14.2 Å². The molecular formula is C26H36N4O5. The third kappa shape index (κ3) is 6.42. The molecular weight excluding hydrogens is 448 g/mol. The van der Waals surface area contributed by atoms with Crippen molar-refractivity contribution in [3.8, 4) is 17.0 Å². The Labute approximate surface area is 207 Å². The molecule has 2 aliphatic rings. The monoisotopic (exact) mass is 484 g/mol. The SMILES string of the molecule is Cc1ccc(NC(=O)N2CCOC(C(C)C)C2)cc1-c1cc(OCCO)nc(N2CCOCC2)c1. The van der Waals surface area contributed by atoms with Crippen LogP contribution in [0.5, 0.6) is 5.88 Å². The number of aromatic nitrogens is 1. The van der Waals surface area contributed by atoms with Crippen LogP contribution in [0.4, 0.5) is 16.3 Å². The van der Waals surface area contributed by atoms with Gasteiger partial charge in [0, 0.05) is 37.9 Å². The lowest BCUT2D eigenvalue weighted by molar-refractivity contribution is -0.0354. The van der Waals surface area contributed by atoms with Gasteiger partial charge in [-0.2, -0.15) is 4.98 Å². The van der Waals surface area contributed by atoms with Gasteiger partial charge in [-0.25, -0.2) is 4.79 Å². The highest BCUT2D eigenvalue weighted by Crippen LogP contribution is 2.32. The molecule has 35 heavy (non-hydrogen) atoms. The summed E-state index contributed by atoms with van der Waals surface area (Å²) < 4.78 is 17.0. The Balaban J connectivity index is 1.58. The highest BCUT2D eigenvalue weighted by Gasteiger charge is 2.26. The number of aliphatic hydroxyl groups is 1. The second-order valence-corrected chi connectivity index (χ2v) is 9.28. The number of benzene rings is 1. The molecule has 190 valence electrons. The average molecular weight is 485 g/mol. The van der Waals surface area contributed by atoms with Crippen LogP contribution in [-0.4, -0.2) is 86.3 Å². The molecule has 1 aromatic heterocycles. The Morgan fingerprint density at radius 2 is 2.00 bits per heavy atom. The minimum absolute atomic E-state index is 0.0517. The van der Waals surface area contributed by atoms with Crippen molar-refractivity contribution in [3.05, 3.63) is 35.9 Å². The van der Waals surface area contributed by atoms with Crippen LogP contribution in [0.25, 0.3) is 11.1 Å². The summed E-state index contributed by atoms with van der Waals surface area (Å²) in [6, 6.07) is 9.71. The number of carbonyl (C=O) groups is 1. The number of aryl methyl sites for hydroxylation is 1. The number of hydrogen-bond donors (Lipinski definition) is 2. The van der Waals surface area contributed by atoms with Gasteiger partial charge in [0.25, 0.3) is 0 Å². The number of pyridine rings is 1. The summed E-state index contributed by atoms with van der Waals surface area (Å²) >= 11 is 0. The van der Waals surface area contributed by atoms with E-state index in [1.54, 1.807) is 0 Å². The first kappa shape index (κ1) is 25.2. The summed E-state index contributed by atoms with van der Waals surface area (Å²) in [5.41, 5.74) is 3.72. The first-order valence-electron chi connectivity index (χ1n) is 12.3. The highest BCUT2D eigenvalue weighted by atomic mass is 16.5. The highest BCUT2D eigenvalue weighted by molar-refractivity contribution is 5.90. The quantitative estimate of drug-likeness (QED) is 0.623. The van der Waals surface area contributed by atoms with Crippen molar-refractivity contribution >= 4 is 17.5 Å². The number of nitrogens with one attached hydrogen (secondary N) is 1. The first-order chi connectivity index (χ1) is 16.9. The van der Waals surface area contributed by atoms with Crippen molar-refractivity contribution in [1.29, 1.82) is 0 Å². The zero-order valence-corrected chi connectivity index (χ0v) is 20.8. The zero-order valence-electron chi connectivity index (χ0n) is 20.8. The van der Waals surface area contributed by atoms with Gasteiger partial charge in [-0.3, -0.25) is 0 Å². The molecule has 0 spiro atoms. The van der Waals surface area contributed by atoms with Gasteiger partial charge in [-0.05, 0) is 47.7 Å². The fourth-order valence-corrected chi connectivity index (χ4v) is 4.30. The van der Waals surface area contributed by atoms with Crippen molar-refractivity contribution in [2.24, 2.45) is 5.92 Å². The lowest BCUT2D eigenvalue weighted by Gasteiger charge is -2.34. The molecule has 2 fully saturated rings. The molecule has 0 radical (unpaired) electrons. The Morgan fingerprint density at radius 3 is 2.74 bits per heavy atom. The normalized spacial score (nSPS) is 18.6. The Hall–Kier alpha value is -2.88. The number of rotatable bonds is 7. The summed E-state index contributed by atoms with van der Waals surface area (Å²) in [6.45, 7) is 10.9. The van der Waals surface area contributed by atoms with Crippen molar-refractivity contribution in [3.63, 3.8) is 0 Å². The summed E-state index contributed by atoms with van der Waals surface area (Å²) in [4.78, 5) is 21.6. The molecule has 2 N–H and O–H groups in total. The number of hydrogen-bond acceptors (Lipinski definition) is 7. The molecule has 2 amide bonds. The fourth-order valence-electron chi connectivity index (χ4n) is 4.30. The van der Waals surface area contributed by atoms with Gasteiger partial charge in [0.15, 0.2) is 0 Å². The van der Waals surface area contributed by atoms with E-state index in [0.29, 0.717) is 44.7 Å². The van der Waals surface area contributed by atoms with E-state index < -0.39 is 0 Å². The van der Waals surface area contributed by atoms with E-state index in [9.17, 15) is 9.90 Å². The van der Waals surface area contributed by atoms with Crippen LogP contribution in [0, 0.1) is 12.8 Å². The van der Waals surface area contributed by atoms with Crippen LogP contribution in [0.3, 0.4) is 0 Å². The van der Waals surface area contributed by atoms with Crippen LogP contribution in [0.1, 0.15) is 19.4 Å². The number of morpholine rings is 2. The maximum atomic E-state index is 13.0. The van der Waals surface area contributed by atoms with E-state index in [2.05, 4.69) is 29.0 Å². The predicted octanol–water partition coefficient (Wildman–Crippen LogP) is 3.15. The standard InChI is InChI=1S/C26H36N4O5/c1-18(2)23-17-30(8-12-34-23)26(32)27-21-5-4-19(3)22(16-21)20-14-24(29-6-10-33-11-7-29)28-25(15-20)35-13-9-31/h4-5,14-16,18,23,31H,6-13,17H2,1-3H3,(H,27,32). The third-order valence-electron chi connectivity index (χ3n) is 6.39. The number of urea groups is 1. The smallest absolute Gasteiger partial charge is 0.322 e. The van der Waals surface area contributed by atoms with Gasteiger partial charge in [0.1, 0.15) is 12.4 Å². The largest absolute Gasteiger partial charge is 0.475 e. The third-order valence-corrected chi connectivity index (χ3v) is 6.39. The molecule has 4 rings (SSSR count). The Morgan fingerprint density at radius 1 is 1.20 bits per heavy atom. The summed E-state index contributed by atoms with van der Waals surface area (Å²) in [6.07, 6.45) is 0.0517. The topological polar surface area (TPSA) is 96.4 Å². The lowest BCUT2D eigenvalue weighted by atomic mass is 10.00. The number of aliphatic hydroxyl groups excluding tert-OH is 1. The van der Waals surface area contributed by atoms with Gasteiger partial charge in [0.05, 0.1) is 32.5 Å². The van der Waals surface area contributed by atoms with Crippen LogP contribution in [0.2, 0.25) is 0 Å². The fraction of sp³-hybridized carbons (Fsp3) is 0.538. The maximum absolute atomic E-state index is 13.0. The van der Waals surface area contributed by atoms with Gasteiger partial charge in [-0.15, -0.1) is 0 Å². The van der Waals surface area contributed by atoms with E-state index in [1.807, 2.05) is 42.2 Å². The maximum Gasteiger partial charge on any atom is 0.322 e. The summed E-state index contributed by atoms with van der Waals surface area (Å²) in [5, 5.41) is 12.3. The second kappa shape index (κ2) is 11.7. The summed E-state index contributed by atoms with van der Waals surface area (Å²) in [7, 11) is 0. The van der Waals surface area contributed by atoms with E-state index in [0.717, 1.165) is 41.3 Å². The first-order valence-corrected chi connectivity index (χ1v) is 12.3. The molecule has 9 nitrogen and oxygen atoms in total. The lowest BCUT2D eigenvalue weighted by Crippen LogP contribution is -2.48. The number of carbonyl (C=O) groups excluding carboxylic acids is 1. The molecule has 0 saturated carbocycles. The molecule has 9 heteroatoms. The number of ether oxygens (including phenoxy) is 3. The van der Waals surface area contributed by atoms with Crippen LogP contribution < -0.4 is 15.0 Å². The number of nitrogens with zero attached hydrogens (tertiary/aromatic N) is 3.